The molecule has 2 rings (SSSR count). The minimum Gasteiger partial charge on any atom is -0.354 e. The molecule has 0 radical (unpaired) electrons. The SMILES string of the molecule is CC(C)(CNC(=O)C1CC(F)(F)CN1)c1ccc(F)cc1Cl.Cl. The summed E-state index contributed by atoms with van der Waals surface area (Å²) in [6.07, 6.45) is -0.503. The van der Waals surface area contributed by atoms with Crippen LogP contribution in [0.4, 0.5) is 13.2 Å². The predicted octanol–water partition coefficient (Wildman–Crippen LogP) is 3.29. The van der Waals surface area contributed by atoms with Gasteiger partial charge in [0.2, 0.25) is 5.91 Å². The number of alkyl halides is 2. The number of amides is 1. The smallest absolute Gasteiger partial charge is 0.262 e. The lowest BCUT2D eigenvalue weighted by molar-refractivity contribution is -0.123. The van der Waals surface area contributed by atoms with Crippen LogP contribution in [0, 0.1) is 5.82 Å². The molecular weight excluding hydrogens is 352 g/mol. The molecule has 0 bridgehead atoms. The number of benzene rings is 1. The lowest BCUT2D eigenvalue weighted by Crippen LogP contribution is -2.45. The van der Waals surface area contributed by atoms with E-state index in [9.17, 15) is 18.0 Å². The Balaban J connectivity index is 0.00000264. The van der Waals surface area contributed by atoms with E-state index in [1.807, 2.05) is 13.8 Å². The van der Waals surface area contributed by atoms with Crippen LogP contribution in [0.1, 0.15) is 25.8 Å². The second kappa shape index (κ2) is 7.28. The van der Waals surface area contributed by atoms with Gasteiger partial charge in [-0.2, -0.15) is 0 Å². The zero-order valence-corrected chi connectivity index (χ0v) is 14.3. The molecule has 0 spiro atoms. The van der Waals surface area contributed by atoms with E-state index in [0.29, 0.717) is 5.56 Å². The van der Waals surface area contributed by atoms with Crippen molar-refractivity contribution in [2.75, 3.05) is 13.1 Å². The minimum absolute atomic E-state index is 0. The molecule has 3 nitrogen and oxygen atoms in total. The van der Waals surface area contributed by atoms with Gasteiger partial charge in [-0.3, -0.25) is 10.1 Å². The van der Waals surface area contributed by atoms with Gasteiger partial charge < -0.3 is 5.32 Å². The molecule has 1 fully saturated rings. The zero-order valence-electron chi connectivity index (χ0n) is 12.8. The number of hydrogen-bond acceptors (Lipinski definition) is 2. The van der Waals surface area contributed by atoms with Gasteiger partial charge in [-0.15, -0.1) is 12.4 Å². The molecule has 1 saturated heterocycles. The molecule has 0 saturated carbocycles. The third kappa shape index (κ3) is 4.99. The second-order valence-electron chi connectivity index (χ2n) is 6.22. The van der Waals surface area contributed by atoms with Gasteiger partial charge in [0, 0.05) is 23.4 Å². The average Bonchev–Trinajstić information content (AvgIpc) is 2.76. The Morgan fingerprint density at radius 3 is 2.65 bits per heavy atom. The van der Waals surface area contributed by atoms with Gasteiger partial charge in [0.15, 0.2) is 0 Å². The molecule has 0 aromatic heterocycles. The first-order valence-electron chi connectivity index (χ1n) is 6.95. The number of halogens is 5. The highest BCUT2D eigenvalue weighted by molar-refractivity contribution is 6.31. The lowest BCUT2D eigenvalue weighted by atomic mass is 9.84. The van der Waals surface area contributed by atoms with E-state index in [-0.39, 0.29) is 24.0 Å². The van der Waals surface area contributed by atoms with Crippen LogP contribution in [0.15, 0.2) is 18.2 Å². The Bertz CT molecular complexity index is 582. The van der Waals surface area contributed by atoms with Crippen molar-refractivity contribution in [3.8, 4) is 0 Å². The molecule has 2 N–H and O–H groups in total. The van der Waals surface area contributed by atoms with E-state index < -0.39 is 42.1 Å². The Morgan fingerprint density at radius 1 is 1.48 bits per heavy atom. The Kier molecular flexibility index (Phi) is 6.35. The maximum absolute atomic E-state index is 13.1. The highest BCUT2D eigenvalue weighted by Crippen LogP contribution is 2.30. The standard InChI is InChI=1S/C15H18ClF3N2O.ClH/c1-14(2,10-4-3-9(17)5-11(10)16)7-21-13(22)12-6-15(18,19)8-20-12;/h3-5,12,20H,6-8H2,1-2H3,(H,21,22);1H. The molecule has 1 aromatic carbocycles. The molecule has 1 heterocycles. The molecule has 23 heavy (non-hydrogen) atoms. The van der Waals surface area contributed by atoms with Crippen molar-refractivity contribution in [3.05, 3.63) is 34.6 Å². The third-order valence-corrected chi connectivity index (χ3v) is 4.10. The van der Waals surface area contributed by atoms with Gasteiger partial charge in [-0.05, 0) is 17.7 Å². The van der Waals surface area contributed by atoms with Gasteiger partial charge in [0.05, 0.1) is 12.6 Å². The summed E-state index contributed by atoms with van der Waals surface area (Å²) in [5, 5.41) is 5.43. The molecule has 1 atom stereocenters. The fraction of sp³-hybridized carbons (Fsp3) is 0.533. The van der Waals surface area contributed by atoms with Crippen molar-refractivity contribution in [1.29, 1.82) is 0 Å². The van der Waals surface area contributed by atoms with Crippen molar-refractivity contribution in [3.63, 3.8) is 0 Å². The molecule has 130 valence electrons. The molecule has 0 aliphatic carbocycles. The second-order valence-corrected chi connectivity index (χ2v) is 6.63. The number of carbonyl (C=O) groups is 1. The van der Waals surface area contributed by atoms with E-state index in [2.05, 4.69) is 10.6 Å². The molecule has 1 aliphatic heterocycles. The summed E-state index contributed by atoms with van der Waals surface area (Å²) < 4.78 is 39.3. The average molecular weight is 371 g/mol. The topological polar surface area (TPSA) is 41.1 Å². The van der Waals surface area contributed by atoms with E-state index in [0.717, 1.165) is 0 Å². The maximum atomic E-state index is 13.1. The summed E-state index contributed by atoms with van der Waals surface area (Å²) in [6.45, 7) is 3.39. The zero-order chi connectivity index (χ0) is 16.5. The normalized spacial score (nSPS) is 20.0. The van der Waals surface area contributed by atoms with E-state index in [4.69, 9.17) is 11.6 Å². The Labute approximate surface area is 144 Å². The van der Waals surface area contributed by atoms with Crippen LogP contribution in [0.5, 0.6) is 0 Å². The monoisotopic (exact) mass is 370 g/mol. The van der Waals surface area contributed by atoms with Crippen molar-refractivity contribution < 1.29 is 18.0 Å². The van der Waals surface area contributed by atoms with Crippen LogP contribution < -0.4 is 10.6 Å². The first kappa shape index (κ1) is 20.1. The summed E-state index contributed by atoms with van der Waals surface area (Å²) in [5.41, 5.74) is 0.127. The van der Waals surface area contributed by atoms with Crippen molar-refractivity contribution >= 4 is 29.9 Å². The summed E-state index contributed by atoms with van der Waals surface area (Å²) in [5.74, 6) is -3.76. The van der Waals surface area contributed by atoms with Crippen LogP contribution in [-0.2, 0) is 10.2 Å². The molecule has 1 aromatic rings. The van der Waals surface area contributed by atoms with Gasteiger partial charge >= 0.3 is 0 Å². The molecule has 1 aliphatic rings. The molecule has 8 heteroatoms. The van der Waals surface area contributed by atoms with Crippen LogP contribution >= 0.6 is 24.0 Å². The van der Waals surface area contributed by atoms with Crippen LogP contribution in [0.25, 0.3) is 0 Å². The summed E-state index contributed by atoms with van der Waals surface area (Å²) in [7, 11) is 0. The van der Waals surface area contributed by atoms with Crippen LogP contribution in [0.2, 0.25) is 5.02 Å². The first-order valence-corrected chi connectivity index (χ1v) is 7.33. The van der Waals surface area contributed by atoms with E-state index in [1.165, 1.54) is 12.1 Å². The highest BCUT2D eigenvalue weighted by atomic mass is 35.5. The first-order chi connectivity index (χ1) is 10.1. The summed E-state index contributed by atoms with van der Waals surface area (Å²) in [6, 6.07) is 3.17. The summed E-state index contributed by atoms with van der Waals surface area (Å²) in [4.78, 5) is 12.0. The van der Waals surface area contributed by atoms with Gasteiger partial charge in [0.25, 0.3) is 5.92 Å². The number of hydrogen-bond donors (Lipinski definition) is 2. The number of carbonyl (C=O) groups excluding carboxylic acids is 1. The largest absolute Gasteiger partial charge is 0.354 e. The van der Waals surface area contributed by atoms with Gasteiger partial charge in [0.1, 0.15) is 5.82 Å². The fourth-order valence-corrected chi connectivity index (χ4v) is 2.89. The Hall–Kier alpha value is -0.980. The highest BCUT2D eigenvalue weighted by Gasteiger charge is 2.42. The van der Waals surface area contributed by atoms with Crippen molar-refractivity contribution in [2.24, 2.45) is 0 Å². The van der Waals surface area contributed by atoms with Gasteiger partial charge in [-0.25, -0.2) is 13.2 Å². The molecule has 1 unspecified atom stereocenters. The van der Waals surface area contributed by atoms with Gasteiger partial charge in [-0.1, -0.05) is 31.5 Å². The van der Waals surface area contributed by atoms with Crippen molar-refractivity contribution in [2.45, 2.75) is 37.6 Å². The predicted molar refractivity (Wildman–Crippen MR) is 86.0 cm³/mol. The number of nitrogens with one attached hydrogen (secondary N) is 2. The Morgan fingerprint density at radius 2 is 2.13 bits per heavy atom. The molecular formula is C15H19Cl2F3N2O. The summed E-state index contributed by atoms with van der Waals surface area (Å²) >= 11 is 6.03. The number of rotatable bonds is 4. The van der Waals surface area contributed by atoms with Crippen LogP contribution in [0.3, 0.4) is 0 Å². The van der Waals surface area contributed by atoms with E-state index in [1.54, 1.807) is 6.07 Å². The quantitative estimate of drug-likeness (QED) is 0.853. The van der Waals surface area contributed by atoms with Crippen molar-refractivity contribution in [1.82, 2.24) is 10.6 Å². The fourth-order valence-electron chi connectivity index (χ4n) is 2.47. The van der Waals surface area contributed by atoms with E-state index >= 15 is 0 Å². The minimum atomic E-state index is -2.85. The maximum Gasteiger partial charge on any atom is 0.262 e. The molecule has 1 amide bonds. The lowest BCUT2D eigenvalue weighted by Gasteiger charge is -2.27. The van der Waals surface area contributed by atoms with Crippen LogP contribution in [-0.4, -0.2) is 31.0 Å². The third-order valence-electron chi connectivity index (χ3n) is 3.79.